The van der Waals surface area contributed by atoms with Crippen LogP contribution in [0.2, 0.25) is 0 Å². The van der Waals surface area contributed by atoms with E-state index in [0.717, 1.165) is 29.7 Å². The third-order valence-corrected chi connectivity index (χ3v) is 7.05. The highest BCUT2D eigenvalue weighted by Crippen LogP contribution is 2.31. The fraction of sp³-hybridized carbons (Fsp3) is 0.0909. The van der Waals surface area contributed by atoms with Crippen molar-refractivity contribution < 1.29 is 21.9 Å². The van der Waals surface area contributed by atoms with Crippen molar-refractivity contribution in [1.29, 1.82) is 0 Å². The van der Waals surface area contributed by atoms with Gasteiger partial charge in [-0.2, -0.15) is 0 Å². The minimum Gasteiger partial charge on any atom is -0.506 e. The van der Waals surface area contributed by atoms with E-state index in [9.17, 15) is 21.9 Å². The molecule has 0 amide bonds. The van der Waals surface area contributed by atoms with Crippen molar-refractivity contribution >= 4 is 52.8 Å². The molecular weight excluding hydrogens is 402 g/mol. The summed E-state index contributed by atoms with van der Waals surface area (Å²) in [6, 6.07) is 6.37. The smallest absolute Gasteiger partial charge is 0.271 e. The molecule has 0 saturated carbocycles. The largest absolute Gasteiger partial charge is 0.506 e. The number of sulfone groups is 1. The van der Waals surface area contributed by atoms with Gasteiger partial charge >= 0.3 is 0 Å². The molecule has 0 aliphatic heterocycles. The standard InChI is InChI=1S/C11H10BrNO5S3/c1-20(15,16)7-2-3-9(14)8(6-7)13-21(17,18)11-5-4-10(12)19-11/h2-6,13-14H,1H3. The summed E-state index contributed by atoms with van der Waals surface area (Å²) in [6.07, 6.45) is 0.994. The van der Waals surface area contributed by atoms with E-state index < -0.39 is 19.9 Å². The molecule has 0 unspecified atom stereocenters. The molecule has 1 heterocycles. The molecule has 10 heteroatoms. The molecule has 0 saturated heterocycles. The zero-order valence-corrected chi connectivity index (χ0v) is 14.6. The average molecular weight is 412 g/mol. The fourth-order valence-electron chi connectivity index (χ4n) is 1.46. The molecule has 6 nitrogen and oxygen atoms in total. The quantitative estimate of drug-likeness (QED) is 0.752. The molecular formula is C11H10BrNO5S3. The summed E-state index contributed by atoms with van der Waals surface area (Å²) < 4.78 is 50.1. The van der Waals surface area contributed by atoms with Gasteiger partial charge in [0.15, 0.2) is 9.84 Å². The number of aromatic hydroxyl groups is 1. The molecule has 2 N–H and O–H groups in total. The van der Waals surface area contributed by atoms with Crippen molar-refractivity contribution in [2.45, 2.75) is 9.10 Å². The summed E-state index contributed by atoms with van der Waals surface area (Å²) in [5, 5.41) is 9.69. The first-order chi connectivity index (χ1) is 9.59. The van der Waals surface area contributed by atoms with E-state index in [2.05, 4.69) is 20.7 Å². The van der Waals surface area contributed by atoms with E-state index in [-0.39, 0.29) is 20.5 Å². The Hall–Kier alpha value is -1.10. The molecule has 0 atom stereocenters. The second-order valence-corrected chi connectivity index (χ2v) is 10.5. The van der Waals surface area contributed by atoms with Gasteiger partial charge in [-0.1, -0.05) is 0 Å². The third-order valence-electron chi connectivity index (χ3n) is 2.45. The Morgan fingerprint density at radius 1 is 1.14 bits per heavy atom. The maximum absolute atomic E-state index is 12.1. The number of hydrogen-bond donors (Lipinski definition) is 2. The van der Waals surface area contributed by atoms with Crippen LogP contribution in [0.15, 0.2) is 43.2 Å². The topological polar surface area (TPSA) is 101 Å². The number of phenols is 1. The lowest BCUT2D eigenvalue weighted by atomic mass is 10.3. The zero-order chi connectivity index (χ0) is 15.8. The van der Waals surface area contributed by atoms with Gasteiger partial charge in [0.25, 0.3) is 10.0 Å². The number of hydrogen-bond acceptors (Lipinski definition) is 6. The highest BCUT2D eigenvalue weighted by Gasteiger charge is 2.19. The van der Waals surface area contributed by atoms with E-state index in [1.54, 1.807) is 6.07 Å². The van der Waals surface area contributed by atoms with Gasteiger partial charge in [-0.15, -0.1) is 11.3 Å². The number of sulfonamides is 1. The van der Waals surface area contributed by atoms with Crippen LogP contribution in [0.3, 0.4) is 0 Å². The van der Waals surface area contributed by atoms with Crippen LogP contribution < -0.4 is 4.72 Å². The zero-order valence-electron chi connectivity index (χ0n) is 10.6. The summed E-state index contributed by atoms with van der Waals surface area (Å²) in [6.45, 7) is 0. The summed E-state index contributed by atoms with van der Waals surface area (Å²) in [5.41, 5.74) is -0.192. The number of phenolic OH excluding ortho intramolecular Hbond substituents is 1. The number of halogens is 1. The van der Waals surface area contributed by atoms with Crippen LogP contribution in [0.5, 0.6) is 5.75 Å². The first kappa shape index (κ1) is 16.3. The first-order valence-electron chi connectivity index (χ1n) is 5.41. The Bertz CT molecular complexity index is 886. The minimum absolute atomic E-state index is 0.0403. The van der Waals surface area contributed by atoms with Crippen molar-refractivity contribution in [3.63, 3.8) is 0 Å². The van der Waals surface area contributed by atoms with Gasteiger partial charge in [0.05, 0.1) is 14.4 Å². The fourth-order valence-corrected chi connectivity index (χ4v) is 5.19. The molecule has 0 aliphatic rings. The SMILES string of the molecule is CS(=O)(=O)c1ccc(O)c(NS(=O)(=O)c2ccc(Br)s2)c1. The van der Waals surface area contributed by atoms with E-state index >= 15 is 0 Å². The second kappa shape index (κ2) is 5.59. The van der Waals surface area contributed by atoms with Crippen LogP contribution in [0.4, 0.5) is 5.69 Å². The molecule has 1 aromatic carbocycles. The van der Waals surface area contributed by atoms with Crippen molar-refractivity contribution in [3.05, 3.63) is 34.1 Å². The molecule has 1 aromatic heterocycles. The van der Waals surface area contributed by atoms with Crippen molar-refractivity contribution in [2.24, 2.45) is 0 Å². The predicted octanol–water partition coefficient (Wildman–Crippen LogP) is 2.42. The van der Waals surface area contributed by atoms with Gasteiger partial charge in [0, 0.05) is 6.26 Å². The average Bonchev–Trinajstić information content (AvgIpc) is 2.78. The van der Waals surface area contributed by atoms with E-state index in [1.807, 2.05) is 0 Å². The lowest BCUT2D eigenvalue weighted by Gasteiger charge is -2.09. The lowest BCUT2D eigenvalue weighted by molar-refractivity contribution is 0.477. The summed E-state index contributed by atoms with van der Waals surface area (Å²) >= 11 is 4.16. The van der Waals surface area contributed by atoms with Crippen LogP contribution >= 0.6 is 27.3 Å². The van der Waals surface area contributed by atoms with E-state index in [4.69, 9.17) is 0 Å². The Morgan fingerprint density at radius 3 is 2.33 bits per heavy atom. The molecule has 0 spiro atoms. The van der Waals surface area contributed by atoms with Gasteiger partial charge in [0.2, 0.25) is 0 Å². The molecule has 0 bridgehead atoms. The van der Waals surface area contributed by atoms with Gasteiger partial charge in [-0.05, 0) is 46.3 Å². The Labute approximate surface area is 134 Å². The predicted molar refractivity (Wildman–Crippen MR) is 84.0 cm³/mol. The third kappa shape index (κ3) is 3.76. The molecule has 0 aliphatic carbocycles. The minimum atomic E-state index is -3.89. The van der Waals surface area contributed by atoms with Crippen molar-refractivity contribution in [3.8, 4) is 5.75 Å². The van der Waals surface area contributed by atoms with Crippen LogP contribution in [0.25, 0.3) is 0 Å². The van der Waals surface area contributed by atoms with Crippen molar-refractivity contribution in [2.75, 3.05) is 11.0 Å². The number of nitrogens with one attached hydrogen (secondary N) is 1. The van der Waals surface area contributed by atoms with Crippen molar-refractivity contribution in [1.82, 2.24) is 0 Å². The molecule has 0 radical (unpaired) electrons. The highest BCUT2D eigenvalue weighted by molar-refractivity contribution is 9.11. The van der Waals surface area contributed by atoms with Crippen LogP contribution in [-0.4, -0.2) is 28.2 Å². The summed E-state index contributed by atoms with van der Waals surface area (Å²) in [7, 11) is -7.40. The van der Waals surface area contributed by atoms with Gasteiger partial charge in [0.1, 0.15) is 9.96 Å². The molecule has 2 rings (SSSR count). The lowest BCUT2D eigenvalue weighted by Crippen LogP contribution is -2.12. The Kier molecular flexibility index (Phi) is 4.34. The van der Waals surface area contributed by atoms with Crippen LogP contribution in [0.1, 0.15) is 0 Å². The first-order valence-corrected chi connectivity index (χ1v) is 10.4. The number of benzene rings is 1. The highest BCUT2D eigenvalue weighted by atomic mass is 79.9. The maximum Gasteiger partial charge on any atom is 0.271 e. The van der Waals surface area contributed by atoms with Crippen LogP contribution in [-0.2, 0) is 19.9 Å². The van der Waals surface area contributed by atoms with Gasteiger partial charge in [-0.3, -0.25) is 4.72 Å². The summed E-state index contributed by atoms with van der Waals surface area (Å²) in [5.74, 6) is -0.360. The Morgan fingerprint density at radius 2 is 1.81 bits per heavy atom. The second-order valence-electron chi connectivity index (χ2n) is 4.12. The molecule has 2 aromatic rings. The van der Waals surface area contributed by atoms with Crippen LogP contribution in [0, 0.1) is 0 Å². The Balaban J connectivity index is 2.44. The van der Waals surface area contributed by atoms with E-state index in [1.165, 1.54) is 12.1 Å². The van der Waals surface area contributed by atoms with E-state index in [0.29, 0.717) is 3.79 Å². The monoisotopic (exact) mass is 411 g/mol. The van der Waals surface area contributed by atoms with Gasteiger partial charge < -0.3 is 5.11 Å². The normalized spacial score (nSPS) is 12.3. The maximum atomic E-state index is 12.1. The molecule has 0 fully saturated rings. The molecule has 21 heavy (non-hydrogen) atoms. The number of rotatable bonds is 4. The number of anilines is 1. The van der Waals surface area contributed by atoms with Gasteiger partial charge in [-0.25, -0.2) is 16.8 Å². The number of thiophene rings is 1. The summed E-state index contributed by atoms with van der Waals surface area (Å²) in [4.78, 5) is -0.0923. The molecule has 114 valence electrons.